The Bertz CT molecular complexity index is 506. The van der Waals surface area contributed by atoms with Crippen molar-refractivity contribution in [3.63, 3.8) is 0 Å². The van der Waals surface area contributed by atoms with Gasteiger partial charge in [-0.1, -0.05) is 31.9 Å². The van der Waals surface area contributed by atoms with Gasteiger partial charge in [-0.15, -0.1) is 0 Å². The molecule has 1 aliphatic carbocycles. The van der Waals surface area contributed by atoms with Gasteiger partial charge < -0.3 is 0 Å². The molecule has 0 saturated carbocycles. The average Bonchev–Trinajstić information content (AvgIpc) is 2.93. The minimum atomic E-state index is -0.252. The van der Waals surface area contributed by atoms with Gasteiger partial charge in [-0.05, 0) is 43.4 Å². The normalized spacial score (nSPS) is 16.2. The zero-order valence-electron chi connectivity index (χ0n) is 11.9. The Hall–Kier alpha value is -1.97. The number of unbranched alkanes of at least 4 members (excludes halogenated alkanes) is 2. The number of pyridine rings is 1. The Labute approximate surface area is 120 Å². The summed E-state index contributed by atoms with van der Waals surface area (Å²) in [5.74, 6) is -0.252. The van der Waals surface area contributed by atoms with Crippen molar-refractivity contribution in [1.29, 1.82) is 0 Å². The lowest BCUT2D eigenvalue weighted by Crippen LogP contribution is -2.20. The first-order valence-electron chi connectivity index (χ1n) is 7.28. The maximum Gasteiger partial charge on any atom is 0.289 e. The smallest absolute Gasteiger partial charge is 0.266 e. The number of amides is 1. The molecule has 1 amide bonds. The number of hydrogen-bond acceptors (Lipinski definition) is 3. The van der Waals surface area contributed by atoms with Crippen LogP contribution < -0.4 is 5.43 Å². The Kier molecular flexibility index (Phi) is 5.47. The molecule has 2 rings (SSSR count). The summed E-state index contributed by atoms with van der Waals surface area (Å²) in [6, 6.07) is 5.26. The number of nitrogens with zero attached hydrogens (tertiary/aromatic N) is 2. The van der Waals surface area contributed by atoms with Crippen LogP contribution in [-0.2, 0) is 0 Å². The highest BCUT2D eigenvalue weighted by Gasteiger charge is 2.14. The van der Waals surface area contributed by atoms with Crippen LogP contribution in [0.25, 0.3) is 0 Å². The van der Waals surface area contributed by atoms with Crippen LogP contribution in [0.15, 0.2) is 41.1 Å². The summed E-state index contributed by atoms with van der Waals surface area (Å²) >= 11 is 0. The number of rotatable bonds is 6. The number of allylic oxidation sites excluding steroid dienone is 2. The fraction of sp³-hybridized carbons (Fsp3) is 0.438. The third-order valence-corrected chi connectivity index (χ3v) is 3.38. The summed E-state index contributed by atoms with van der Waals surface area (Å²) in [7, 11) is 0. The number of carbonyl (C=O) groups is 1. The van der Waals surface area contributed by atoms with Crippen molar-refractivity contribution in [1.82, 2.24) is 10.4 Å². The average molecular weight is 271 g/mol. The minimum Gasteiger partial charge on any atom is -0.266 e. The summed E-state index contributed by atoms with van der Waals surface area (Å²) in [5, 5.41) is 4.27. The molecule has 4 nitrogen and oxygen atoms in total. The molecule has 0 unspecified atom stereocenters. The van der Waals surface area contributed by atoms with Crippen LogP contribution in [-0.4, -0.2) is 16.6 Å². The first kappa shape index (κ1) is 14.4. The van der Waals surface area contributed by atoms with E-state index in [4.69, 9.17) is 0 Å². The molecule has 0 bridgehead atoms. The highest BCUT2D eigenvalue weighted by molar-refractivity contribution is 6.03. The van der Waals surface area contributed by atoms with Crippen LogP contribution in [0.1, 0.15) is 55.9 Å². The molecule has 0 saturated heterocycles. The van der Waals surface area contributed by atoms with Crippen LogP contribution in [0.5, 0.6) is 0 Å². The molecule has 0 atom stereocenters. The number of aromatic nitrogens is 1. The number of hydrogen-bond donors (Lipinski definition) is 1. The molecule has 0 fully saturated rings. The van der Waals surface area contributed by atoms with Gasteiger partial charge in [0.1, 0.15) is 5.69 Å². The quantitative estimate of drug-likeness (QED) is 0.636. The van der Waals surface area contributed by atoms with Crippen molar-refractivity contribution in [3.8, 4) is 0 Å². The van der Waals surface area contributed by atoms with Gasteiger partial charge in [0.05, 0.1) is 5.71 Å². The Balaban J connectivity index is 1.90. The second-order valence-corrected chi connectivity index (χ2v) is 4.94. The maximum absolute atomic E-state index is 11.9. The van der Waals surface area contributed by atoms with Crippen LogP contribution in [0.3, 0.4) is 0 Å². The van der Waals surface area contributed by atoms with E-state index in [1.165, 1.54) is 24.8 Å². The van der Waals surface area contributed by atoms with E-state index in [9.17, 15) is 4.79 Å². The van der Waals surface area contributed by atoms with Gasteiger partial charge in [0.25, 0.3) is 5.91 Å². The second-order valence-electron chi connectivity index (χ2n) is 4.94. The number of nitrogens with one attached hydrogen (secondary N) is 1. The van der Waals surface area contributed by atoms with Crippen LogP contribution in [0.2, 0.25) is 0 Å². The molecule has 106 valence electrons. The summed E-state index contributed by atoms with van der Waals surface area (Å²) in [6.45, 7) is 2.20. The topological polar surface area (TPSA) is 54.4 Å². The van der Waals surface area contributed by atoms with Crippen LogP contribution >= 0.6 is 0 Å². The van der Waals surface area contributed by atoms with Gasteiger partial charge in [-0.25, -0.2) is 5.43 Å². The summed E-state index contributed by atoms with van der Waals surface area (Å²) in [6.07, 6.45) is 10.5. The molecule has 1 aromatic rings. The summed E-state index contributed by atoms with van der Waals surface area (Å²) in [4.78, 5) is 15.9. The van der Waals surface area contributed by atoms with E-state index in [2.05, 4.69) is 28.5 Å². The van der Waals surface area contributed by atoms with E-state index in [1.807, 2.05) is 0 Å². The summed E-state index contributed by atoms with van der Waals surface area (Å²) in [5.41, 5.74) is 5.31. The molecular weight excluding hydrogens is 250 g/mol. The highest BCUT2D eigenvalue weighted by atomic mass is 16.2. The van der Waals surface area contributed by atoms with Gasteiger partial charge in [0.15, 0.2) is 0 Å². The molecular formula is C16H21N3O. The molecule has 0 aliphatic heterocycles. The lowest BCUT2D eigenvalue weighted by molar-refractivity contribution is 0.0950. The largest absolute Gasteiger partial charge is 0.289 e. The van der Waals surface area contributed by atoms with Gasteiger partial charge in [0.2, 0.25) is 0 Å². The molecule has 4 heteroatoms. The third kappa shape index (κ3) is 4.02. The SMILES string of the molecule is CCCCCC1=CCC/C1=N/NC(=O)c1ccccn1. The standard InChI is InChI=1S/C16H21N3O/c1-2-3-4-8-13-9-7-11-14(13)18-19-16(20)15-10-5-6-12-17-15/h5-6,9-10,12H,2-4,7-8,11H2,1H3,(H,19,20)/b18-14-. The number of hydrazone groups is 1. The Morgan fingerprint density at radius 1 is 1.40 bits per heavy atom. The Morgan fingerprint density at radius 3 is 3.05 bits per heavy atom. The maximum atomic E-state index is 11.9. The molecule has 0 radical (unpaired) electrons. The van der Waals surface area contributed by atoms with E-state index in [0.29, 0.717) is 5.69 Å². The zero-order valence-corrected chi connectivity index (χ0v) is 11.9. The fourth-order valence-electron chi connectivity index (χ4n) is 2.27. The van der Waals surface area contributed by atoms with E-state index in [-0.39, 0.29) is 5.91 Å². The van der Waals surface area contributed by atoms with Crippen molar-refractivity contribution >= 4 is 11.6 Å². The van der Waals surface area contributed by atoms with E-state index in [1.54, 1.807) is 24.4 Å². The van der Waals surface area contributed by atoms with E-state index >= 15 is 0 Å². The molecule has 1 aliphatic rings. The zero-order chi connectivity index (χ0) is 14.2. The lowest BCUT2D eigenvalue weighted by atomic mass is 10.1. The number of carbonyl (C=O) groups excluding carboxylic acids is 1. The predicted octanol–water partition coefficient (Wildman–Crippen LogP) is 3.47. The van der Waals surface area contributed by atoms with E-state index in [0.717, 1.165) is 25.0 Å². The fourth-order valence-corrected chi connectivity index (χ4v) is 2.27. The molecule has 1 N–H and O–H groups in total. The minimum absolute atomic E-state index is 0.252. The molecule has 1 heterocycles. The van der Waals surface area contributed by atoms with Gasteiger partial charge >= 0.3 is 0 Å². The predicted molar refractivity (Wildman–Crippen MR) is 80.6 cm³/mol. The van der Waals surface area contributed by atoms with Crippen molar-refractivity contribution < 1.29 is 4.79 Å². The van der Waals surface area contributed by atoms with E-state index < -0.39 is 0 Å². The van der Waals surface area contributed by atoms with Crippen molar-refractivity contribution in [3.05, 3.63) is 41.7 Å². The molecule has 20 heavy (non-hydrogen) atoms. The third-order valence-electron chi connectivity index (χ3n) is 3.38. The van der Waals surface area contributed by atoms with Gasteiger partial charge in [-0.3, -0.25) is 9.78 Å². The Morgan fingerprint density at radius 2 is 2.30 bits per heavy atom. The summed E-state index contributed by atoms with van der Waals surface area (Å²) < 4.78 is 0. The van der Waals surface area contributed by atoms with Crippen LogP contribution in [0.4, 0.5) is 0 Å². The molecule has 0 aromatic carbocycles. The second kappa shape index (κ2) is 7.58. The van der Waals surface area contributed by atoms with Gasteiger partial charge in [-0.2, -0.15) is 5.10 Å². The monoisotopic (exact) mass is 271 g/mol. The van der Waals surface area contributed by atoms with Crippen molar-refractivity contribution in [2.45, 2.75) is 45.4 Å². The van der Waals surface area contributed by atoms with Gasteiger partial charge in [0, 0.05) is 6.20 Å². The van der Waals surface area contributed by atoms with Crippen LogP contribution in [0, 0.1) is 0 Å². The highest BCUT2D eigenvalue weighted by Crippen LogP contribution is 2.21. The lowest BCUT2D eigenvalue weighted by Gasteiger charge is -2.05. The molecule has 0 spiro atoms. The first-order valence-corrected chi connectivity index (χ1v) is 7.28. The molecule has 1 aromatic heterocycles. The van der Waals surface area contributed by atoms with Crippen molar-refractivity contribution in [2.24, 2.45) is 5.10 Å². The first-order chi connectivity index (χ1) is 9.81. The van der Waals surface area contributed by atoms with Crippen molar-refractivity contribution in [2.75, 3.05) is 0 Å².